The summed E-state index contributed by atoms with van der Waals surface area (Å²) < 4.78 is 18.8. The SMILES string of the molecule is Cl.Fc1ccc(Cc2ccc(OCCC3CCCCN3)cc2)cc1. The molecule has 4 heteroatoms. The van der Waals surface area contributed by atoms with Crippen molar-refractivity contribution in [1.29, 1.82) is 0 Å². The second kappa shape index (κ2) is 9.65. The van der Waals surface area contributed by atoms with Crippen molar-refractivity contribution in [3.63, 3.8) is 0 Å². The van der Waals surface area contributed by atoms with E-state index in [2.05, 4.69) is 17.4 Å². The average Bonchev–Trinajstić information content (AvgIpc) is 2.59. The number of hydrogen-bond donors (Lipinski definition) is 1. The van der Waals surface area contributed by atoms with E-state index in [1.165, 1.54) is 37.0 Å². The van der Waals surface area contributed by atoms with Crippen LogP contribution in [0.2, 0.25) is 0 Å². The van der Waals surface area contributed by atoms with E-state index in [-0.39, 0.29) is 18.2 Å². The van der Waals surface area contributed by atoms with E-state index in [0.717, 1.165) is 37.3 Å². The maximum Gasteiger partial charge on any atom is 0.123 e. The van der Waals surface area contributed by atoms with Gasteiger partial charge in [0, 0.05) is 6.04 Å². The van der Waals surface area contributed by atoms with Gasteiger partial charge in [-0.2, -0.15) is 0 Å². The Hall–Kier alpha value is -1.58. The second-order valence-electron chi connectivity index (χ2n) is 6.23. The molecule has 130 valence electrons. The molecule has 2 aromatic rings. The number of halogens is 2. The quantitative estimate of drug-likeness (QED) is 0.812. The fourth-order valence-electron chi connectivity index (χ4n) is 3.03. The van der Waals surface area contributed by atoms with Gasteiger partial charge in [0.15, 0.2) is 0 Å². The normalized spacial score (nSPS) is 17.1. The summed E-state index contributed by atoms with van der Waals surface area (Å²) in [4.78, 5) is 0. The summed E-state index contributed by atoms with van der Waals surface area (Å²) in [5, 5.41) is 3.54. The highest BCUT2D eigenvalue weighted by molar-refractivity contribution is 5.85. The molecule has 2 nitrogen and oxygen atoms in total. The molecule has 24 heavy (non-hydrogen) atoms. The van der Waals surface area contributed by atoms with Crippen molar-refractivity contribution in [3.8, 4) is 5.75 Å². The van der Waals surface area contributed by atoms with Crippen molar-refractivity contribution in [2.45, 2.75) is 38.1 Å². The first-order chi connectivity index (χ1) is 11.3. The lowest BCUT2D eigenvalue weighted by atomic mass is 10.0. The Kier molecular flexibility index (Phi) is 7.54. The minimum atomic E-state index is -0.190. The van der Waals surface area contributed by atoms with E-state index in [4.69, 9.17) is 4.74 Å². The predicted octanol–water partition coefficient (Wildman–Crippen LogP) is 4.75. The van der Waals surface area contributed by atoms with Gasteiger partial charge in [-0.05, 0) is 67.6 Å². The molecule has 1 N–H and O–H groups in total. The zero-order chi connectivity index (χ0) is 15.9. The molecule has 1 aliphatic rings. The minimum Gasteiger partial charge on any atom is -0.494 e. The molecule has 1 unspecified atom stereocenters. The second-order valence-corrected chi connectivity index (χ2v) is 6.23. The summed E-state index contributed by atoms with van der Waals surface area (Å²) in [6.07, 6.45) is 5.77. The van der Waals surface area contributed by atoms with Gasteiger partial charge in [-0.25, -0.2) is 4.39 Å². The Morgan fingerprint density at radius 3 is 2.25 bits per heavy atom. The van der Waals surface area contributed by atoms with Gasteiger partial charge in [-0.3, -0.25) is 0 Å². The number of rotatable bonds is 6. The van der Waals surface area contributed by atoms with Crippen LogP contribution in [0.5, 0.6) is 5.75 Å². The van der Waals surface area contributed by atoms with Crippen LogP contribution in [0.1, 0.15) is 36.8 Å². The largest absolute Gasteiger partial charge is 0.494 e. The standard InChI is InChI=1S/C20H24FNO.ClH/c21-18-8-4-16(5-9-18)15-17-6-10-20(11-7-17)23-14-12-19-3-1-2-13-22-19;/h4-11,19,22H,1-3,12-15H2;1H. The highest BCUT2D eigenvalue weighted by atomic mass is 35.5. The van der Waals surface area contributed by atoms with Gasteiger partial charge >= 0.3 is 0 Å². The lowest BCUT2D eigenvalue weighted by molar-refractivity contribution is 0.268. The number of nitrogens with one attached hydrogen (secondary N) is 1. The molecule has 0 spiro atoms. The zero-order valence-corrected chi connectivity index (χ0v) is 14.7. The van der Waals surface area contributed by atoms with E-state index in [1.54, 1.807) is 0 Å². The maximum absolute atomic E-state index is 12.9. The van der Waals surface area contributed by atoms with Crippen LogP contribution >= 0.6 is 12.4 Å². The van der Waals surface area contributed by atoms with E-state index in [0.29, 0.717) is 6.04 Å². The third kappa shape index (κ3) is 5.81. The van der Waals surface area contributed by atoms with Gasteiger partial charge in [-0.1, -0.05) is 30.7 Å². The highest BCUT2D eigenvalue weighted by Gasteiger charge is 2.11. The molecule has 0 amide bonds. The molecule has 3 rings (SSSR count). The van der Waals surface area contributed by atoms with E-state index in [9.17, 15) is 4.39 Å². The number of ether oxygens (including phenoxy) is 1. The molecule has 1 heterocycles. The Morgan fingerprint density at radius 2 is 1.62 bits per heavy atom. The molecular formula is C20H25ClFNO. The number of piperidine rings is 1. The van der Waals surface area contributed by atoms with Crippen molar-refractivity contribution in [1.82, 2.24) is 5.32 Å². The van der Waals surface area contributed by atoms with Crippen molar-refractivity contribution < 1.29 is 9.13 Å². The van der Waals surface area contributed by atoms with E-state index >= 15 is 0 Å². The molecule has 0 aliphatic carbocycles. The van der Waals surface area contributed by atoms with Crippen LogP contribution in [-0.4, -0.2) is 19.2 Å². The lowest BCUT2D eigenvalue weighted by Gasteiger charge is -2.23. The van der Waals surface area contributed by atoms with Crippen molar-refractivity contribution in [2.24, 2.45) is 0 Å². The Balaban J connectivity index is 0.00000208. The summed E-state index contributed by atoms with van der Waals surface area (Å²) in [5.74, 6) is 0.730. The van der Waals surface area contributed by atoms with Gasteiger partial charge in [-0.15, -0.1) is 12.4 Å². The molecule has 1 fully saturated rings. The van der Waals surface area contributed by atoms with Gasteiger partial charge in [0.1, 0.15) is 11.6 Å². The summed E-state index contributed by atoms with van der Waals surface area (Å²) >= 11 is 0. The molecule has 1 saturated heterocycles. The average molecular weight is 350 g/mol. The first-order valence-corrected chi connectivity index (χ1v) is 8.49. The molecule has 0 aromatic heterocycles. The van der Waals surface area contributed by atoms with E-state index < -0.39 is 0 Å². The molecule has 2 aromatic carbocycles. The summed E-state index contributed by atoms with van der Waals surface area (Å²) in [7, 11) is 0. The maximum atomic E-state index is 12.9. The third-order valence-corrected chi connectivity index (χ3v) is 4.39. The first-order valence-electron chi connectivity index (χ1n) is 8.49. The molecule has 0 bridgehead atoms. The first kappa shape index (κ1) is 18.8. The van der Waals surface area contributed by atoms with Crippen molar-refractivity contribution >= 4 is 12.4 Å². The van der Waals surface area contributed by atoms with Crippen LogP contribution < -0.4 is 10.1 Å². The lowest BCUT2D eigenvalue weighted by Crippen LogP contribution is -2.35. The van der Waals surface area contributed by atoms with Crippen LogP contribution in [-0.2, 0) is 6.42 Å². The van der Waals surface area contributed by atoms with Crippen LogP contribution in [0.25, 0.3) is 0 Å². The fourth-order valence-corrected chi connectivity index (χ4v) is 3.03. The number of benzene rings is 2. The Bertz CT molecular complexity index is 594. The summed E-state index contributed by atoms with van der Waals surface area (Å²) in [6, 6.07) is 15.5. The van der Waals surface area contributed by atoms with Crippen LogP contribution in [0.15, 0.2) is 48.5 Å². The third-order valence-electron chi connectivity index (χ3n) is 4.39. The molecular weight excluding hydrogens is 325 g/mol. The molecule has 1 aliphatic heterocycles. The van der Waals surface area contributed by atoms with Crippen LogP contribution in [0.3, 0.4) is 0 Å². The Morgan fingerprint density at radius 1 is 0.958 bits per heavy atom. The molecule has 0 radical (unpaired) electrons. The minimum absolute atomic E-state index is 0. The van der Waals surface area contributed by atoms with Crippen LogP contribution in [0.4, 0.5) is 4.39 Å². The van der Waals surface area contributed by atoms with E-state index in [1.807, 2.05) is 24.3 Å². The predicted molar refractivity (Wildman–Crippen MR) is 98.6 cm³/mol. The summed E-state index contributed by atoms with van der Waals surface area (Å²) in [5.41, 5.74) is 2.32. The zero-order valence-electron chi connectivity index (χ0n) is 13.8. The van der Waals surface area contributed by atoms with Crippen molar-refractivity contribution in [2.75, 3.05) is 13.2 Å². The fraction of sp³-hybridized carbons (Fsp3) is 0.400. The topological polar surface area (TPSA) is 21.3 Å². The molecule has 0 saturated carbocycles. The Labute approximate surface area is 149 Å². The van der Waals surface area contributed by atoms with Gasteiger partial charge in [0.05, 0.1) is 6.61 Å². The number of hydrogen-bond acceptors (Lipinski definition) is 2. The highest BCUT2D eigenvalue weighted by Crippen LogP contribution is 2.17. The van der Waals surface area contributed by atoms with Gasteiger partial charge in [0.2, 0.25) is 0 Å². The van der Waals surface area contributed by atoms with Crippen LogP contribution in [0, 0.1) is 5.82 Å². The van der Waals surface area contributed by atoms with Gasteiger partial charge < -0.3 is 10.1 Å². The smallest absolute Gasteiger partial charge is 0.123 e. The molecule has 1 atom stereocenters. The van der Waals surface area contributed by atoms with Gasteiger partial charge in [0.25, 0.3) is 0 Å². The van der Waals surface area contributed by atoms with Crippen molar-refractivity contribution in [3.05, 3.63) is 65.5 Å². The monoisotopic (exact) mass is 349 g/mol. The summed E-state index contributed by atoms with van der Waals surface area (Å²) in [6.45, 7) is 1.90.